The summed E-state index contributed by atoms with van der Waals surface area (Å²) in [6, 6.07) is 6.62. The molecule has 1 aromatic rings. The van der Waals surface area contributed by atoms with Crippen LogP contribution in [0, 0.1) is 0 Å². The zero-order valence-electron chi connectivity index (χ0n) is 8.66. The molecule has 2 nitrogen and oxygen atoms in total. The molecule has 0 heterocycles. The van der Waals surface area contributed by atoms with Crippen LogP contribution in [0.3, 0.4) is 0 Å². The minimum atomic E-state index is 0.604. The molecule has 1 aromatic carbocycles. The lowest BCUT2D eigenvalue weighted by Gasteiger charge is -2.17. The van der Waals surface area contributed by atoms with Gasteiger partial charge in [-0.05, 0) is 44.1 Å². The minimum absolute atomic E-state index is 0.604. The lowest BCUT2D eigenvalue weighted by Crippen LogP contribution is -2.27. The van der Waals surface area contributed by atoms with E-state index < -0.39 is 0 Å². The summed E-state index contributed by atoms with van der Waals surface area (Å²) in [7, 11) is 4.22. The molecule has 0 amide bonds. The first-order valence-electron chi connectivity index (χ1n) is 4.94. The summed E-state index contributed by atoms with van der Waals surface area (Å²) in [6.07, 6.45) is 3.11. The van der Waals surface area contributed by atoms with E-state index in [1.165, 1.54) is 11.1 Å². The van der Waals surface area contributed by atoms with Gasteiger partial charge in [0.05, 0.1) is 0 Å². The monoisotopic (exact) mass is 189 g/mol. The molecule has 0 radical (unpaired) electrons. The smallest absolute Gasteiger partial charge is 0.150 e. The summed E-state index contributed by atoms with van der Waals surface area (Å²) in [5.41, 5.74) is 3.53. The zero-order chi connectivity index (χ0) is 10.1. The number of carbonyl (C=O) groups is 1. The number of benzene rings is 1. The molecule has 74 valence electrons. The fraction of sp³-hybridized carbons (Fsp3) is 0.417. The molecule has 1 aliphatic carbocycles. The number of hydrogen-bond donors (Lipinski definition) is 0. The van der Waals surface area contributed by atoms with Crippen LogP contribution >= 0.6 is 0 Å². The van der Waals surface area contributed by atoms with Gasteiger partial charge in [0.2, 0.25) is 0 Å². The van der Waals surface area contributed by atoms with E-state index in [9.17, 15) is 4.79 Å². The maximum absolute atomic E-state index is 10.6. The van der Waals surface area contributed by atoms with Crippen molar-refractivity contribution in [1.82, 2.24) is 4.90 Å². The number of fused-ring (bicyclic) bond motifs is 1. The van der Waals surface area contributed by atoms with Crippen LogP contribution in [0.5, 0.6) is 0 Å². The molecule has 0 fully saturated rings. The molecule has 1 unspecified atom stereocenters. The first-order valence-corrected chi connectivity index (χ1v) is 4.94. The topological polar surface area (TPSA) is 20.3 Å². The Morgan fingerprint density at radius 1 is 1.29 bits per heavy atom. The third kappa shape index (κ3) is 1.58. The van der Waals surface area contributed by atoms with Crippen LogP contribution in [0.25, 0.3) is 0 Å². The van der Waals surface area contributed by atoms with Crippen LogP contribution in [-0.2, 0) is 12.8 Å². The second-order valence-corrected chi connectivity index (χ2v) is 4.17. The number of aldehydes is 1. The molecule has 2 heteroatoms. The third-order valence-corrected chi connectivity index (χ3v) is 3.01. The van der Waals surface area contributed by atoms with Gasteiger partial charge in [0.25, 0.3) is 0 Å². The lowest BCUT2D eigenvalue weighted by atomic mass is 10.1. The van der Waals surface area contributed by atoms with Gasteiger partial charge in [-0.15, -0.1) is 0 Å². The van der Waals surface area contributed by atoms with Crippen molar-refractivity contribution in [2.24, 2.45) is 0 Å². The van der Waals surface area contributed by atoms with E-state index in [1.54, 1.807) is 0 Å². The van der Waals surface area contributed by atoms with Gasteiger partial charge in [0.1, 0.15) is 6.29 Å². The second kappa shape index (κ2) is 3.54. The van der Waals surface area contributed by atoms with Crippen molar-refractivity contribution < 1.29 is 4.79 Å². The Balaban J connectivity index is 2.26. The van der Waals surface area contributed by atoms with E-state index in [-0.39, 0.29) is 0 Å². The number of hydrogen-bond acceptors (Lipinski definition) is 2. The number of nitrogens with zero attached hydrogens (tertiary/aromatic N) is 1. The van der Waals surface area contributed by atoms with E-state index in [2.05, 4.69) is 25.1 Å². The number of rotatable bonds is 2. The van der Waals surface area contributed by atoms with E-state index >= 15 is 0 Å². The van der Waals surface area contributed by atoms with Crippen LogP contribution in [-0.4, -0.2) is 31.3 Å². The van der Waals surface area contributed by atoms with Crippen LogP contribution in [0.4, 0.5) is 0 Å². The van der Waals surface area contributed by atoms with Crippen molar-refractivity contribution in [2.45, 2.75) is 18.9 Å². The van der Waals surface area contributed by atoms with Gasteiger partial charge in [0.15, 0.2) is 0 Å². The summed E-state index contributed by atoms with van der Waals surface area (Å²) >= 11 is 0. The highest BCUT2D eigenvalue weighted by atomic mass is 16.1. The molecule has 0 spiro atoms. The first-order chi connectivity index (χ1) is 6.70. The van der Waals surface area contributed by atoms with Crippen LogP contribution in [0.2, 0.25) is 0 Å². The fourth-order valence-corrected chi connectivity index (χ4v) is 2.05. The van der Waals surface area contributed by atoms with Gasteiger partial charge in [0, 0.05) is 11.6 Å². The Morgan fingerprint density at radius 3 is 2.64 bits per heavy atom. The molecule has 0 aromatic heterocycles. The molecule has 14 heavy (non-hydrogen) atoms. The van der Waals surface area contributed by atoms with Crippen molar-refractivity contribution in [3.05, 3.63) is 34.9 Å². The molecule has 1 aliphatic rings. The molecular formula is C12H15NO. The summed E-state index contributed by atoms with van der Waals surface area (Å²) in [5, 5.41) is 0. The predicted octanol–water partition coefficient (Wildman–Crippen LogP) is 1.53. The molecular weight excluding hydrogens is 174 g/mol. The first kappa shape index (κ1) is 9.41. The normalized spacial score (nSPS) is 19.8. The Hall–Kier alpha value is -1.15. The van der Waals surface area contributed by atoms with Gasteiger partial charge in [-0.25, -0.2) is 0 Å². The largest absolute Gasteiger partial charge is 0.306 e. The Bertz CT molecular complexity index is 357. The van der Waals surface area contributed by atoms with Gasteiger partial charge < -0.3 is 4.90 Å². The number of carbonyl (C=O) groups excluding carboxylic acids is 1. The van der Waals surface area contributed by atoms with Crippen molar-refractivity contribution in [2.75, 3.05) is 14.1 Å². The van der Waals surface area contributed by atoms with Gasteiger partial charge in [-0.1, -0.05) is 12.1 Å². The van der Waals surface area contributed by atoms with E-state index in [1.807, 2.05) is 12.1 Å². The highest BCUT2D eigenvalue weighted by molar-refractivity contribution is 5.75. The summed E-state index contributed by atoms with van der Waals surface area (Å²) in [6.45, 7) is 0. The number of likely N-dealkylation sites (N-methyl/N-ethyl adjacent to an activating group) is 1. The van der Waals surface area contributed by atoms with Crippen LogP contribution < -0.4 is 0 Å². The quantitative estimate of drug-likeness (QED) is 0.657. The highest BCUT2D eigenvalue weighted by Crippen LogP contribution is 2.25. The highest BCUT2D eigenvalue weighted by Gasteiger charge is 2.22. The zero-order valence-corrected chi connectivity index (χ0v) is 8.66. The molecule has 0 saturated heterocycles. The fourth-order valence-electron chi connectivity index (χ4n) is 2.05. The van der Waals surface area contributed by atoms with Crippen LogP contribution in [0.1, 0.15) is 21.5 Å². The summed E-state index contributed by atoms with van der Waals surface area (Å²) in [4.78, 5) is 12.9. The van der Waals surface area contributed by atoms with Gasteiger partial charge in [-0.2, -0.15) is 0 Å². The molecule has 1 atom stereocenters. The Kier molecular flexibility index (Phi) is 2.38. The average molecular weight is 189 g/mol. The van der Waals surface area contributed by atoms with Crippen molar-refractivity contribution >= 4 is 6.29 Å². The van der Waals surface area contributed by atoms with E-state index in [0.29, 0.717) is 6.04 Å². The maximum Gasteiger partial charge on any atom is 0.150 e. The van der Waals surface area contributed by atoms with E-state index in [4.69, 9.17) is 0 Å². The van der Waals surface area contributed by atoms with Gasteiger partial charge >= 0.3 is 0 Å². The Labute approximate surface area is 84.5 Å². The third-order valence-electron chi connectivity index (χ3n) is 3.01. The molecule has 0 saturated carbocycles. The van der Waals surface area contributed by atoms with Crippen molar-refractivity contribution in [1.29, 1.82) is 0 Å². The lowest BCUT2D eigenvalue weighted by molar-refractivity contribution is 0.112. The second-order valence-electron chi connectivity index (χ2n) is 4.17. The average Bonchev–Trinajstić information content (AvgIpc) is 2.59. The molecule has 0 N–H and O–H groups in total. The SMILES string of the molecule is CN(C)C1Cc2ccc(C=O)cc2C1. The summed E-state index contributed by atoms with van der Waals surface area (Å²) in [5.74, 6) is 0. The van der Waals surface area contributed by atoms with Crippen molar-refractivity contribution in [3.63, 3.8) is 0 Å². The van der Waals surface area contributed by atoms with Crippen molar-refractivity contribution in [3.8, 4) is 0 Å². The van der Waals surface area contributed by atoms with E-state index in [0.717, 1.165) is 24.7 Å². The molecule has 0 aliphatic heterocycles. The van der Waals surface area contributed by atoms with Crippen LogP contribution in [0.15, 0.2) is 18.2 Å². The Morgan fingerprint density at radius 2 is 2.00 bits per heavy atom. The molecule has 2 rings (SSSR count). The maximum atomic E-state index is 10.6. The summed E-state index contributed by atoms with van der Waals surface area (Å²) < 4.78 is 0. The van der Waals surface area contributed by atoms with Gasteiger partial charge in [-0.3, -0.25) is 4.79 Å². The predicted molar refractivity (Wildman–Crippen MR) is 56.7 cm³/mol. The molecule has 0 bridgehead atoms. The standard InChI is InChI=1S/C12H15NO/c1-13(2)12-6-10-4-3-9(8-14)5-11(10)7-12/h3-5,8,12H,6-7H2,1-2H3. The minimum Gasteiger partial charge on any atom is -0.306 e.